The number of ether oxygens (including phenoxy) is 1. The van der Waals surface area contributed by atoms with Gasteiger partial charge in [-0.25, -0.2) is 4.98 Å². The molecule has 2 unspecified atom stereocenters. The highest BCUT2D eigenvalue weighted by atomic mass is 16.5. The number of nitrogens with zero attached hydrogens (tertiary/aromatic N) is 1. The predicted molar refractivity (Wildman–Crippen MR) is 53.1 cm³/mol. The first-order valence-electron chi connectivity index (χ1n) is 4.90. The molecule has 3 heteroatoms. The second-order valence-electron chi connectivity index (χ2n) is 3.92. The van der Waals surface area contributed by atoms with Crippen LogP contribution in [0.1, 0.15) is 25.3 Å². The second kappa shape index (κ2) is 3.24. The van der Waals surface area contributed by atoms with Crippen molar-refractivity contribution in [1.82, 2.24) is 4.98 Å². The molecule has 3 nitrogen and oxygen atoms in total. The van der Waals surface area contributed by atoms with Gasteiger partial charge in [-0.1, -0.05) is 6.92 Å². The summed E-state index contributed by atoms with van der Waals surface area (Å²) < 4.78 is 5.14. The SMILES string of the molecule is COc1ncccc1C1(O)CCC1C. The van der Waals surface area contributed by atoms with Gasteiger partial charge in [-0.15, -0.1) is 0 Å². The summed E-state index contributed by atoms with van der Waals surface area (Å²) in [4.78, 5) is 4.10. The predicted octanol–water partition coefficient (Wildman–Crippen LogP) is 1.71. The molecule has 0 amide bonds. The molecule has 1 fully saturated rings. The summed E-state index contributed by atoms with van der Waals surface area (Å²) in [5.41, 5.74) is 0.0980. The lowest BCUT2D eigenvalue weighted by molar-refractivity contribution is -0.0947. The Bertz CT molecular complexity index is 340. The molecule has 1 saturated carbocycles. The first-order chi connectivity index (χ1) is 6.68. The normalized spacial score (nSPS) is 30.9. The van der Waals surface area contributed by atoms with Gasteiger partial charge in [0.2, 0.25) is 5.88 Å². The van der Waals surface area contributed by atoms with E-state index >= 15 is 0 Å². The summed E-state index contributed by atoms with van der Waals surface area (Å²) in [5.74, 6) is 0.835. The van der Waals surface area contributed by atoms with Crippen molar-refractivity contribution in [2.24, 2.45) is 5.92 Å². The highest BCUT2D eigenvalue weighted by Gasteiger charge is 2.45. The van der Waals surface area contributed by atoms with Crippen molar-refractivity contribution in [3.05, 3.63) is 23.9 Å². The van der Waals surface area contributed by atoms with Crippen molar-refractivity contribution in [3.8, 4) is 5.88 Å². The van der Waals surface area contributed by atoms with Gasteiger partial charge in [0, 0.05) is 11.8 Å². The number of pyridine rings is 1. The summed E-state index contributed by atoms with van der Waals surface area (Å²) in [6, 6.07) is 3.72. The van der Waals surface area contributed by atoms with E-state index in [-0.39, 0.29) is 0 Å². The van der Waals surface area contributed by atoms with E-state index in [9.17, 15) is 5.11 Å². The Labute approximate surface area is 83.7 Å². The largest absolute Gasteiger partial charge is 0.481 e. The van der Waals surface area contributed by atoms with Gasteiger partial charge in [-0.05, 0) is 30.9 Å². The number of methoxy groups -OCH3 is 1. The van der Waals surface area contributed by atoms with Crippen LogP contribution >= 0.6 is 0 Å². The lowest BCUT2D eigenvalue weighted by Gasteiger charge is -2.44. The summed E-state index contributed by atoms with van der Waals surface area (Å²) in [6.07, 6.45) is 3.54. The van der Waals surface area contributed by atoms with Crippen molar-refractivity contribution in [2.45, 2.75) is 25.4 Å². The number of hydrogen-bond acceptors (Lipinski definition) is 3. The zero-order valence-corrected chi connectivity index (χ0v) is 8.53. The van der Waals surface area contributed by atoms with Crippen LogP contribution in [0.25, 0.3) is 0 Å². The molecule has 1 N–H and O–H groups in total. The Morgan fingerprint density at radius 1 is 1.64 bits per heavy atom. The minimum atomic E-state index is -0.723. The van der Waals surface area contributed by atoms with Gasteiger partial charge in [-0.3, -0.25) is 0 Å². The Balaban J connectivity index is 2.40. The third-order valence-corrected chi connectivity index (χ3v) is 3.20. The molecule has 1 aromatic rings. The van der Waals surface area contributed by atoms with Crippen LogP contribution in [0.2, 0.25) is 0 Å². The van der Waals surface area contributed by atoms with Gasteiger partial charge in [0.25, 0.3) is 0 Å². The fourth-order valence-corrected chi connectivity index (χ4v) is 1.99. The molecule has 2 atom stereocenters. The molecule has 0 aliphatic heterocycles. The number of aliphatic hydroxyl groups is 1. The molecular weight excluding hydrogens is 178 g/mol. The van der Waals surface area contributed by atoms with E-state index in [0.717, 1.165) is 18.4 Å². The lowest BCUT2D eigenvalue weighted by atomic mass is 9.67. The summed E-state index contributed by atoms with van der Waals surface area (Å²) in [7, 11) is 1.58. The average Bonchev–Trinajstić information content (AvgIpc) is 2.26. The molecule has 0 saturated heterocycles. The molecular formula is C11H15NO2. The Kier molecular flexibility index (Phi) is 2.19. The Morgan fingerprint density at radius 3 is 2.93 bits per heavy atom. The second-order valence-corrected chi connectivity index (χ2v) is 3.92. The molecule has 1 aliphatic rings. The fraction of sp³-hybridized carbons (Fsp3) is 0.545. The highest BCUT2D eigenvalue weighted by molar-refractivity contribution is 5.34. The third-order valence-electron chi connectivity index (χ3n) is 3.20. The zero-order chi connectivity index (χ0) is 10.2. The standard InChI is InChI=1S/C11H15NO2/c1-8-5-6-11(8,13)9-4-3-7-12-10(9)14-2/h3-4,7-8,13H,5-6H2,1-2H3. The number of rotatable bonds is 2. The van der Waals surface area contributed by atoms with Crippen LogP contribution in [0.3, 0.4) is 0 Å². The topological polar surface area (TPSA) is 42.4 Å². The van der Waals surface area contributed by atoms with Crippen LogP contribution in [0.4, 0.5) is 0 Å². The molecule has 0 bridgehead atoms. The maximum Gasteiger partial charge on any atom is 0.219 e. The van der Waals surface area contributed by atoms with Crippen molar-refractivity contribution in [2.75, 3.05) is 7.11 Å². The molecule has 0 radical (unpaired) electrons. The van der Waals surface area contributed by atoms with E-state index in [4.69, 9.17) is 4.74 Å². The first-order valence-corrected chi connectivity index (χ1v) is 4.90. The van der Waals surface area contributed by atoms with Crippen molar-refractivity contribution in [3.63, 3.8) is 0 Å². The minimum absolute atomic E-state index is 0.292. The van der Waals surface area contributed by atoms with Crippen LogP contribution in [-0.4, -0.2) is 17.2 Å². The van der Waals surface area contributed by atoms with E-state index < -0.39 is 5.60 Å². The fourth-order valence-electron chi connectivity index (χ4n) is 1.99. The van der Waals surface area contributed by atoms with E-state index in [0.29, 0.717) is 11.8 Å². The van der Waals surface area contributed by atoms with Crippen LogP contribution in [0.15, 0.2) is 18.3 Å². The van der Waals surface area contributed by atoms with Crippen molar-refractivity contribution < 1.29 is 9.84 Å². The smallest absolute Gasteiger partial charge is 0.219 e. The van der Waals surface area contributed by atoms with Crippen LogP contribution in [0.5, 0.6) is 5.88 Å². The van der Waals surface area contributed by atoms with Crippen LogP contribution in [-0.2, 0) is 5.60 Å². The van der Waals surface area contributed by atoms with E-state index in [1.54, 1.807) is 13.3 Å². The number of aromatic nitrogens is 1. The minimum Gasteiger partial charge on any atom is -0.481 e. The summed E-state index contributed by atoms with van der Waals surface area (Å²) in [5, 5.41) is 10.3. The Morgan fingerprint density at radius 2 is 2.43 bits per heavy atom. The Hall–Kier alpha value is -1.09. The highest BCUT2D eigenvalue weighted by Crippen LogP contribution is 2.48. The molecule has 14 heavy (non-hydrogen) atoms. The first kappa shape index (κ1) is 9.46. The number of hydrogen-bond donors (Lipinski definition) is 1. The van der Waals surface area contributed by atoms with Gasteiger partial charge in [0.1, 0.15) is 0 Å². The van der Waals surface area contributed by atoms with Gasteiger partial charge in [-0.2, -0.15) is 0 Å². The maximum atomic E-state index is 10.3. The molecule has 0 aromatic carbocycles. The molecule has 1 aliphatic carbocycles. The van der Waals surface area contributed by atoms with E-state index in [1.165, 1.54) is 0 Å². The molecule has 0 spiro atoms. The lowest BCUT2D eigenvalue weighted by Crippen LogP contribution is -2.42. The van der Waals surface area contributed by atoms with Gasteiger partial charge < -0.3 is 9.84 Å². The monoisotopic (exact) mass is 193 g/mol. The van der Waals surface area contributed by atoms with Gasteiger partial charge in [0.05, 0.1) is 12.7 Å². The van der Waals surface area contributed by atoms with Crippen molar-refractivity contribution >= 4 is 0 Å². The van der Waals surface area contributed by atoms with Gasteiger partial charge >= 0.3 is 0 Å². The summed E-state index contributed by atoms with van der Waals surface area (Å²) in [6.45, 7) is 2.05. The maximum absolute atomic E-state index is 10.3. The van der Waals surface area contributed by atoms with Gasteiger partial charge in [0.15, 0.2) is 0 Å². The molecule has 1 heterocycles. The molecule has 1 aromatic heterocycles. The summed E-state index contributed by atoms with van der Waals surface area (Å²) >= 11 is 0. The van der Waals surface area contributed by atoms with Crippen LogP contribution < -0.4 is 4.74 Å². The quantitative estimate of drug-likeness (QED) is 0.777. The van der Waals surface area contributed by atoms with E-state index in [2.05, 4.69) is 11.9 Å². The average molecular weight is 193 g/mol. The van der Waals surface area contributed by atoms with E-state index in [1.807, 2.05) is 12.1 Å². The molecule has 76 valence electrons. The van der Waals surface area contributed by atoms with Crippen LogP contribution in [0, 0.1) is 5.92 Å². The third kappa shape index (κ3) is 1.20. The zero-order valence-electron chi connectivity index (χ0n) is 8.53. The molecule has 2 rings (SSSR count). The van der Waals surface area contributed by atoms with Crippen molar-refractivity contribution in [1.29, 1.82) is 0 Å².